The predicted octanol–water partition coefficient (Wildman–Crippen LogP) is 4.92. The molecule has 6 nitrogen and oxygen atoms in total. The van der Waals surface area contributed by atoms with E-state index in [2.05, 4.69) is 26.0 Å². The van der Waals surface area contributed by atoms with Gasteiger partial charge in [-0.3, -0.25) is 4.79 Å². The first-order valence-corrected chi connectivity index (χ1v) is 13.3. The van der Waals surface area contributed by atoms with Crippen LogP contribution in [0.4, 0.5) is 0 Å². The van der Waals surface area contributed by atoms with Crippen molar-refractivity contribution in [3.05, 3.63) is 94.0 Å². The van der Waals surface area contributed by atoms with E-state index < -0.39 is 22.0 Å². The lowest BCUT2D eigenvalue weighted by atomic mass is 10.0. The highest BCUT2D eigenvalue weighted by Gasteiger charge is 2.27. The van der Waals surface area contributed by atoms with Crippen LogP contribution in [0.3, 0.4) is 0 Å². The third kappa shape index (κ3) is 6.91. The monoisotopic (exact) mass is 544 g/mol. The number of nitrogens with one attached hydrogen (secondary N) is 2. The summed E-state index contributed by atoms with van der Waals surface area (Å²) < 4.78 is 35.5. The quantitative estimate of drug-likeness (QED) is 0.379. The van der Waals surface area contributed by atoms with Crippen molar-refractivity contribution in [2.45, 2.75) is 44.2 Å². The Labute approximate surface area is 209 Å². The predicted molar refractivity (Wildman–Crippen MR) is 137 cm³/mol. The molecule has 1 amide bonds. The van der Waals surface area contributed by atoms with E-state index in [0.29, 0.717) is 17.9 Å². The number of benzene rings is 3. The molecule has 0 aliphatic heterocycles. The first-order valence-electron chi connectivity index (χ1n) is 11.0. The average Bonchev–Trinajstić information content (AvgIpc) is 2.81. The molecule has 0 unspecified atom stereocenters. The molecule has 0 saturated heterocycles. The maximum absolute atomic E-state index is 13.2. The normalized spacial score (nSPS) is 13.2. The van der Waals surface area contributed by atoms with Crippen molar-refractivity contribution in [3.63, 3.8) is 0 Å². The van der Waals surface area contributed by atoms with E-state index in [-0.39, 0.29) is 17.4 Å². The molecular weight excluding hydrogens is 516 g/mol. The fraction of sp³-hybridized carbons (Fsp3) is 0.269. The minimum Gasteiger partial charge on any atom is -0.494 e. The summed E-state index contributed by atoms with van der Waals surface area (Å²) in [5, 5.41) is 2.95. The molecule has 0 bridgehead atoms. The summed E-state index contributed by atoms with van der Waals surface area (Å²) in [6.07, 6.45) is 0.217. The SMILES string of the molecule is CCOc1ccc(S(=O)(=O)N[C@H](Cc2ccccc2)C(=O)N[C@H](C)c2ccc(Br)cc2)cc1C. The van der Waals surface area contributed by atoms with Gasteiger partial charge in [-0.15, -0.1) is 0 Å². The molecule has 2 atom stereocenters. The van der Waals surface area contributed by atoms with Crippen molar-refractivity contribution in [3.8, 4) is 5.75 Å². The van der Waals surface area contributed by atoms with E-state index in [1.54, 1.807) is 19.1 Å². The summed E-state index contributed by atoms with van der Waals surface area (Å²) >= 11 is 3.41. The van der Waals surface area contributed by atoms with Crippen molar-refractivity contribution in [1.82, 2.24) is 10.0 Å². The summed E-state index contributed by atoms with van der Waals surface area (Å²) in [5.41, 5.74) is 2.47. The molecule has 8 heteroatoms. The number of hydrogen-bond acceptors (Lipinski definition) is 4. The molecule has 3 aromatic rings. The molecule has 0 saturated carbocycles. The Kier molecular flexibility index (Phi) is 8.88. The second kappa shape index (κ2) is 11.6. The van der Waals surface area contributed by atoms with Crippen LogP contribution in [-0.2, 0) is 21.2 Å². The summed E-state index contributed by atoms with van der Waals surface area (Å²) in [5.74, 6) is 0.230. The van der Waals surface area contributed by atoms with E-state index >= 15 is 0 Å². The Bertz CT molecular complexity index is 1220. The van der Waals surface area contributed by atoms with Gasteiger partial charge in [0.15, 0.2) is 0 Å². The van der Waals surface area contributed by atoms with Crippen LogP contribution in [0.5, 0.6) is 5.75 Å². The fourth-order valence-electron chi connectivity index (χ4n) is 3.55. The molecule has 0 aromatic heterocycles. The van der Waals surface area contributed by atoms with Gasteiger partial charge in [0, 0.05) is 4.47 Å². The average molecular weight is 545 g/mol. The van der Waals surface area contributed by atoms with Gasteiger partial charge in [0.25, 0.3) is 0 Å². The Hall–Kier alpha value is -2.68. The second-order valence-corrected chi connectivity index (χ2v) is 10.6. The van der Waals surface area contributed by atoms with Gasteiger partial charge in [-0.1, -0.05) is 58.4 Å². The first-order chi connectivity index (χ1) is 16.2. The molecule has 3 rings (SSSR count). The Morgan fingerprint density at radius 2 is 1.71 bits per heavy atom. The van der Waals surface area contributed by atoms with E-state index in [4.69, 9.17) is 4.74 Å². The van der Waals surface area contributed by atoms with Crippen molar-refractivity contribution >= 4 is 31.9 Å². The maximum atomic E-state index is 13.2. The number of aryl methyl sites for hydroxylation is 1. The van der Waals surface area contributed by atoms with Crippen LogP contribution in [0.2, 0.25) is 0 Å². The third-order valence-corrected chi connectivity index (χ3v) is 7.38. The van der Waals surface area contributed by atoms with E-state index in [1.165, 1.54) is 6.07 Å². The van der Waals surface area contributed by atoms with E-state index in [1.807, 2.05) is 68.4 Å². The van der Waals surface area contributed by atoms with Crippen LogP contribution >= 0.6 is 15.9 Å². The van der Waals surface area contributed by atoms with Gasteiger partial charge in [0.05, 0.1) is 17.5 Å². The molecule has 0 aliphatic carbocycles. The van der Waals surface area contributed by atoms with Crippen LogP contribution in [-0.4, -0.2) is 27.0 Å². The number of hydrogen-bond donors (Lipinski definition) is 2. The van der Waals surface area contributed by atoms with E-state index in [0.717, 1.165) is 15.6 Å². The number of rotatable bonds is 10. The molecule has 0 radical (unpaired) electrons. The van der Waals surface area contributed by atoms with Gasteiger partial charge in [0.1, 0.15) is 11.8 Å². The topological polar surface area (TPSA) is 84.5 Å². The van der Waals surface area contributed by atoms with Crippen molar-refractivity contribution < 1.29 is 17.9 Å². The van der Waals surface area contributed by atoms with Crippen LogP contribution in [0.25, 0.3) is 0 Å². The van der Waals surface area contributed by atoms with Gasteiger partial charge >= 0.3 is 0 Å². The Morgan fingerprint density at radius 3 is 2.32 bits per heavy atom. The van der Waals surface area contributed by atoms with Crippen molar-refractivity contribution in [2.24, 2.45) is 0 Å². The van der Waals surface area contributed by atoms with Crippen LogP contribution in [0.15, 0.2) is 82.2 Å². The molecule has 34 heavy (non-hydrogen) atoms. The highest BCUT2D eigenvalue weighted by atomic mass is 79.9. The highest BCUT2D eigenvalue weighted by Crippen LogP contribution is 2.22. The molecule has 0 heterocycles. The highest BCUT2D eigenvalue weighted by molar-refractivity contribution is 9.10. The number of amides is 1. The van der Waals surface area contributed by atoms with Crippen LogP contribution in [0, 0.1) is 6.92 Å². The second-order valence-electron chi connectivity index (χ2n) is 8.01. The largest absolute Gasteiger partial charge is 0.494 e. The lowest BCUT2D eigenvalue weighted by Gasteiger charge is -2.22. The smallest absolute Gasteiger partial charge is 0.241 e. The minimum absolute atomic E-state index is 0.0836. The zero-order valence-electron chi connectivity index (χ0n) is 19.4. The van der Waals surface area contributed by atoms with Gasteiger partial charge in [-0.25, -0.2) is 8.42 Å². The summed E-state index contributed by atoms with van der Waals surface area (Å²) in [4.78, 5) is 13.3. The number of sulfonamides is 1. The standard InChI is InChI=1S/C26H29BrN2O4S/c1-4-33-25-15-14-23(16-18(25)2)34(31,32)29-24(17-20-8-6-5-7-9-20)26(30)28-19(3)21-10-12-22(27)13-11-21/h5-16,19,24,29H,4,17H2,1-3H3,(H,28,30)/t19-,24-/m1/s1. The lowest BCUT2D eigenvalue weighted by molar-refractivity contribution is -0.123. The van der Waals surface area contributed by atoms with Gasteiger partial charge in [-0.05, 0) is 74.2 Å². The van der Waals surface area contributed by atoms with E-state index in [9.17, 15) is 13.2 Å². The number of ether oxygens (including phenoxy) is 1. The van der Waals surface area contributed by atoms with Crippen LogP contribution in [0.1, 0.15) is 36.6 Å². The third-order valence-electron chi connectivity index (χ3n) is 5.38. The molecule has 0 fully saturated rings. The van der Waals surface area contributed by atoms with Crippen molar-refractivity contribution in [2.75, 3.05) is 6.61 Å². The maximum Gasteiger partial charge on any atom is 0.241 e. The summed E-state index contributed by atoms with van der Waals surface area (Å²) in [7, 11) is -3.96. The number of carbonyl (C=O) groups excluding carboxylic acids is 1. The zero-order chi connectivity index (χ0) is 24.7. The molecule has 0 spiro atoms. The lowest BCUT2D eigenvalue weighted by Crippen LogP contribution is -2.48. The molecule has 180 valence electrons. The summed E-state index contributed by atoms with van der Waals surface area (Å²) in [6.45, 7) is 6.01. The van der Waals surface area contributed by atoms with Gasteiger partial charge < -0.3 is 10.1 Å². The fourth-order valence-corrected chi connectivity index (χ4v) is 5.09. The Balaban J connectivity index is 1.84. The number of halogens is 1. The molecule has 2 N–H and O–H groups in total. The van der Waals surface area contributed by atoms with Gasteiger partial charge in [0.2, 0.25) is 15.9 Å². The Morgan fingerprint density at radius 1 is 1.03 bits per heavy atom. The minimum atomic E-state index is -3.96. The van der Waals surface area contributed by atoms with Crippen LogP contribution < -0.4 is 14.8 Å². The zero-order valence-corrected chi connectivity index (χ0v) is 21.8. The van der Waals surface area contributed by atoms with Crippen molar-refractivity contribution in [1.29, 1.82) is 0 Å². The summed E-state index contributed by atoms with van der Waals surface area (Å²) in [6, 6.07) is 20.3. The number of carbonyl (C=O) groups is 1. The molecular formula is C26H29BrN2O4S. The molecule has 3 aromatic carbocycles. The van der Waals surface area contributed by atoms with Gasteiger partial charge in [-0.2, -0.15) is 4.72 Å². The first kappa shape index (κ1) is 25.9. The molecule has 0 aliphatic rings.